The van der Waals surface area contributed by atoms with Crippen molar-refractivity contribution in [2.45, 2.75) is 19.2 Å². The van der Waals surface area contributed by atoms with Crippen LogP contribution in [0.1, 0.15) is 27.2 Å². The molecule has 2 N–H and O–H groups in total. The van der Waals surface area contributed by atoms with Crippen LogP contribution in [0.2, 0.25) is 5.15 Å². The molecule has 0 atom stereocenters. The topological polar surface area (TPSA) is 93.1 Å². The lowest BCUT2D eigenvalue weighted by molar-refractivity contribution is 0.0950. The quantitative estimate of drug-likeness (QED) is 0.802. The third-order valence-electron chi connectivity index (χ3n) is 3.52. The molecule has 1 aromatic carbocycles. The van der Waals surface area contributed by atoms with E-state index in [2.05, 4.69) is 15.1 Å². The zero-order valence-corrected chi connectivity index (χ0v) is 15.2. The fraction of sp³-hybridized carbons (Fsp3) is 0.333. The molecule has 2 aromatic rings. The van der Waals surface area contributed by atoms with Gasteiger partial charge in [0.25, 0.3) is 5.91 Å². The summed E-state index contributed by atoms with van der Waals surface area (Å²) in [5, 5.41) is 7.17. The molecule has 9 heteroatoms. The number of hydrogen-bond acceptors (Lipinski definition) is 4. The molecule has 1 amide bonds. The third-order valence-corrected chi connectivity index (χ3v) is 5.29. The lowest BCUT2D eigenvalue weighted by Crippen LogP contribution is -2.23. The van der Waals surface area contributed by atoms with Crippen molar-refractivity contribution in [1.29, 1.82) is 0 Å². The number of aryl methyl sites for hydroxylation is 2. The van der Waals surface area contributed by atoms with Crippen LogP contribution in [-0.4, -0.2) is 31.2 Å². The summed E-state index contributed by atoms with van der Waals surface area (Å²) >= 11 is 6.06. The minimum atomic E-state index is -3.30. The average molecular weight is 371 g/mol. The van der Waals surface area contributed by atoms with E-state index < -0.39 is 10.0 Å². The molecule has 2 rings (SSSR count). The Morgan fingerprint density at radius 3 is 2.33 bits per heavy atom. The molecule has 0 fully saturated rings. The van der Waals surface area contributed by atoms with Crippen LogP contribution in [0.4, 0.5) is 0 Å². The molecule has 0 unspecified atom stereocenters. The van der Waals surface area contributed by atoms with E-state index in [4.69, 9.17) is 11.6 Å². The number of hydrogen-bond donors (Lipinski definition) is 2. The fourth-order valence-electron chi connectivity index (χ4n) is 2.20. The van der Waals surface area contributed by atoms with E-state index in [1.165, 1.54) is 11.7 Å². The van der Waals surface area contributed by atoms with Crippen LogP contribution in [0, 0.1) is 6.92 Å². The Bertz CT molecular complexity index is 844. The zero-order valence-electron chi connectivity index (χ0n) is 13.6. The van der Waals surface area contributed by atoms with Gasteiger partial charge in [-0.1, -0.05) is 35.9 Å². The van der Waals surface area contributed by atoms with Gasteiger partial charge in [-0.05, 0) is 25.1 Å². The Morgan fingerprint density at radius 2 is 1.83 bits per heavy atom. The Hall–Kier alpha value is -1.90. The molecule has 0 aliphatic carbocycles. The average Bonchev–Trinajstić information content (AvgIpc) is 2.79. The molecule has 1 aromatic heterocycles. The lowest BCUT2D eigenvalue weighted by atomic mass is 10.1. The van der Waals surface area contributed by atoms with Gasteiger partial charge in [0.05, 0.1) is 17.0 Å². The standard InChI is InChI=1S/C15H19ClN4O3S/c1-10-13(14(16)20(3)19-10)15(21)18-8-11-4-6-12(7-5-11)9-24(22,23)17-2/h4-7,17H,8-9H2,1-3H3,(H,18,21). The summed E-state index contributed by atoms with van der Waals surface area (Å²) in [4.78, 5) is 12.2. The third kappa shape index (κ3) is 4.34. The maximum Gasteiger partial charge on any atom is 0.256 e. The summed E-state index contributed by atoms with van der Waals surface area (Å²) in [5.74, 6) is -0.381. The largest absolute Gasteiger partial charge is 0.348 e. The summed E-state index contributed by atoms with van der Waals surface area (Å²) in [6, 6.07) is 6.99. The number of carbonyl (C=O) groups is 1. The molecule has 7 nitrogen and oxygen atoms in total. The second-order valence-electron chi connectivity index (χ2n) is 5.34. The highest BCUT2D eigenvalue weighted by atomic mass is 35.5. The second kappa shape index (κ2) is 7.33. The Morgan fingerprint density at radius 1 is 1.25 bits per heavy atom. The molecule has 1 heterocycles. The maximum absolute atomic E-state index is 12.2. The molecule has 24 heavy (non-hydrogen) atoms. The smallest absolute Gasteiger partial charge is 0.256 e. The number of halogens is 1. The summed E-state index contributed by atoms with van der Waals surface area (Å²) in [6.07, 6.45) is 0. The molecule has 0 bridgehead atoms. The summed E-state index contributed by atoms with van der Waals surface area (Å²) in [7, 11) is -0.248. The minimum absolute atomic E-state index is 0.0827. The normalized spacial score (nSPS) is 11.5. The number of rotatable bonds is 6. The first kappa shape index (κ1) is 18.4. The van der Waals surface area contributed by atoms with E-state index in [0.29, 0.717) is 23.4 Å². The van der Waals surface area contributed by atoms with Crippen LogP contribution >= 0.6 is 11.6 Å². The van der Waals surface area contributed by atoms with Gasteiger partial charge in [0, 0.05) is 13.6 Å². The van der Waals surface area contributed by atoms with Crippen LogP contribution in [0.25, 0.3) is 0 Å². The van der Waals surface area contributed by atoms with E-state index in [1.54, 1.807) is 38.2 Å². The van der Waals surface area contributed by atoms with Gasteiger partial charge in [-0.2, -0.15) is 5.10 Å². The highest BCUT2D eigenvalue weighted by molar-refractivity contribution is 7.88. The summed E-state index contributed by atoms with van der Waals surface area (Å²) in [6.45, 7) is 2.03. The second-order valence-corrected chi connectivity index (χ2v) is 7.62. The predicted octanol–water partition coefficient (Wildman–Crippen LogP) is 1.36. The van der Waals surface area contributed by atoms with E-state index >= 15 is 0 Å². The monoisotopic (exact) mass is 370 g/mol. The van der Waals surface area contributed by atoms with Crippen LogP contribution in [0.3, 0.4) is 0 Å². The van der Waals surface area contributed by atoms with Gasteiger partial charge in [0.1, 0.15) is 5.15 Å². The van der Waals surface area contributed by atoms with E-state index in [1.807, 2.05) is 0 Å². The maximum atomic E-state index is 12.2. The van der Waals surface area contributed by atoms with Crippen molar-refractivity contribution in [1.82, 2.24) is 19.8 Å². The molecular formula is C15H19ClN4O3S. The van der Waals surface area contributed by atoms with Crippen molar-refractivity contribution in [2.75, 3.05) is 7.05 Å². The number of nitrogens with zero attached hydrogens (tertiary/aromatic N) is 2. The zero-order chi connectivity index (χ0) is 17.9. The van der Waals surface area contributed by atoms with Gasteiger partial charge in [0.15, 0.2) is 0 Å². The SMILES string of the molecule is CNS(=O)(=O)Cc1ccc(CNC(=O)c2c(C)nn(C)c2Cl)cc1. The van der Waals surface area contributed by atoms with E-state index in [9.17, 15) is 13.2 Å². The Balaban J connectivity index is 2.01. The van der Waals surface area contributed by atoms with Crippen molar-refractivity contribution in [3.8, 4) is 0 Å². The highest BCUT2D eigenvalue weighted by Crippen LogP contribution is 2.18. The number of aromatic nitrogens is 2. The van der Waals surface area contributed by atoms with Crippen molar-refractivity contribution >= 4 is 27.5 Å². The molecule has 0 aliphatic rings. The molecule has 0 aliphatic heterocycles. The van der Waals surface area contributed by atoms with Crippen LogP contribution in [0.5, 0.6) is 0 Å². The van der Waals surface area contributed by atoms with Crippen molar-refractivity contribution in [2.24, 2.45) is 7.05 Å². The number of sulfonamides is 1. The van der Waals surface area contributed by atoms with Gasteiger partial charge in [-0.15, -0.1) is 0 Å². The lowest BCUT2D eigenvalue weighted by Gasteiger charge is -2.07. The molecule has 130 valence electrons. The number of amides is 1. The van der Waals surface area contributed by atoms with Gasteiger partial charge < -0.3 is 5.32 Å². The van der Waals surface area contributed by atoms with Gasteiger partial charge in [0.2, 0.25) is 10.0 Å². The van der Waals surface area contributed by atoms with Crippen LogP contribution in [0.15, 0.2) is 24.3 Å². The first-order chi connectivity index (χ1) is 11.2. The highest BCUT2D eigenvalue weighted by Gasteiger charge is 2.18. The molecule has 0 radical (unpaired) electrons. The van der Waals surface area contributed by atoms with Crippen molar-refractivity contribution < 1.29 is 13.2 Å². The summed E-state index contributed by atoms with van der Waals surface area (Å²) in [5.41, 5.74) is 2.45. The van der Waals surface area contributed by atoms with E-state index in [-0.39, 0.29) is 16.8 Å². The predicted molar refractivity (Wildman–Crippen MR) is 92.3 cm³/mol. The van der Waals surface area contributed by atoms with E-state index in [0.717, 1.165) is 5.56 Å². The van der Waals surface area contributed by atoms with Gasteiger partial charge in [-0.3, -0.25) is 9.48 Å². The Labute approximate surface area is 146 Å². The summed E-state index contributed by atoms with van der Waals surface area (Å²) < 4.78 is 26.7. The molecule has 0 spiro atoms. The van der Waals surface area contributed by atoms with Crippen LogP contribution < -0.4 is 10.0 Å². The number of nitrogens with one attached hydrogen (secondary N) is 2. The molecule has 0 saturated heterocycles. The molecular weight excluding hydrogens is 352 g/mol. The minimum Gasteiger partial charge on any atom is -0.348 e. The van der Waals surface area contributed by atoms with Crippen LogP contribution in [-0.2, 0) is 29.4 Å². The van der Waals surface area contributed by atoms with Crippen molar-refractivity contribution in [3.63, 3.8) is 0 Å². The first-order valence-corrected chi connectivity index (χ1v) is 9.23. The van der Waals surface area contributed by atoms with Crippen molar-refractivity contribution in [3.05, 3.63) is 51.8 Å². The van der Waals surface area contributed by atoms with Gasteiger partial charge in [-0.25, -0.2) is 13.1 Å². The van der Waals surface area contributed by atoms with Gasteiger partial charge >= 0.3 is 0 Å². The number of benzene rings is 1. The first-order valence-electron chi connectivity index (χ1n) is 7.20. The Kier molecular flexibility index (Phi) is 5.63. The molecule has 0 saturated carbocycles. The number of carbonyl (C=O) groups excluding carboxylic acids is 1. The fourth-order valence-corrected chi connectivity index (χ4v) is 3.24.